The molecule has 0 spiro atoms. The largest absolute Gasteiger partial charge is 0.453 e. The number of hydrogen-bond donors (Lipinski definition) is 0. The molecule has 0 amide bonds. The molecular weight excluding hydrogens is 200 g/mol. The Morgan fingerprint density at radius 3 is 2.75 bits per heavy atom. The lowest BCUT2D eigenvalue weighted by Gasteiger charge is -1.99. The van der Waals surface area contributed by atoms with Gasteiger partial charge >= 0.3 is 0 Å². The second-order valence-electron chi connectivity index (χ2n) is 4.67. The van der Waals surface area contributed by atoms with Crippen molar-refractivity contribution in [2.75, 3.05) is 0 Å². The Morgan fingerprint density at radius 2 is 2.06 bits per heavy atom. The summed E-state index contributed by atoms with van der Waals surface area (Å²) < 4.78 is 5.56. The van der Waals surface area contributed by atoms with E-state index < -0.39 is 0 Å². The molecule has 2 heteroatoms. The van der Waals surface area contributed by atoms with Gasteiger partial charge in [-0.2, -0.15) is 0 Å². The van der Waals surface area contributed by atoms with Gasteiger partial charge in [-0.3, -0.25) is 4.79 Å². The van der Waals surface area contributed by atoms with Crippen LogP contribution in [-0.2, 0) is 0 Å². The third-order valence-electron chi connectivity index (χ3n) is 2.54. The van der Waals surface area contributed by atoms with E-state index in [1.54, 1.807) is 0 Å². The van der Waals surface area contributed by atoms with Gasteiger partial charge in [0.1, 0.15) is 5.58 Å². The van der Waals surface area contributed by atoms with Crippen LogP contribution in [0.3, 0.4) is 0 Å². The fraction of sp³-hybridized carbons (Fsp3) is 0.357. The maximum absolute atomic E-state index is 11.8. The highest BCUT2D eigenvalue weighted by Gasteiger charge is 2.13. The molecule has 1 aromatic heterocycles. The number of carbonyl (C=O) groups is 1. The third kappa shape index (κ3) is 2.16. The summed E-state index contributed by atoms with van der Waals surface area (Å²) >= 11 is 0. The van der Waals surface area contributed by atoms with E-state index in [0.717, 1.165) is 16.5 Å². The van der Waals surface area contributed by atoms with Crippen molar-refractivity contribution < 1.29 is 9.21 Å². The van der Waals surface area contributed by atoms with Crippen molar-refractivity contribution in [2.45, 2.75) is 27.2 Å². The van der Waals surface area contributed by atoms with Gasteiger partial charge in [0.2, 0.25) is 0 Å². The number of benzene rings is 1. The molecule has 0 radical (unpaired) electrons. The van der Waals surface area contributed by atoms with Crippen LogP contribution in [0.15, 0.2) is 28.7 Å². The third-order valence-corrected chi connectivity index (χ3v) is 2.54. The molecule has 0 unspecified atom stereocenters. The number of Topliss-reactive ketones (excluding diaryl/α,β-unsaturated/α-hetero) is 1. The van der Waals surface area contributed by atoms with Gasteiger partial charge in [-0.25, -0.2) is 0 Å². The fourth-order valence-corrected chi connectivity index (χ4v) is 1.75. The van der Waals surface area contributed by atoms with Crippen molar-refractivity contribution in [2.24, 2.45) is 5.92 Å². The van der Waals surface area contributed by atoms with Gasteiger partial charge in [-0.05, 0) is 30.5 Å². The molecule has 0 fully saturated rings. The van der Waals surface area contributed by atoms with Gasteiger partial charge in [0, 0.05) is 11.8 Å². The molecule has 0 aliphatic heterocycles. The minimum atomic E-state index is 0.0869. The molecule has 2 aromatic rings. The van der Waals surface area contributed by atoms with Crippen LogP contribution < -0.4 is 0 Å². The zero-order valence-electron chi connectivity index (χ0n) is 9.91. The predicted molar refractivity (Wildman–Crippen MR) is 64.7 cm³/mol. The first-order valence-electron chi connectivity index (χ1n) is 5.59. The molecule has 84 valence electrons. The second-order valence-corrected chi connectivity index (χ2v) is 4.67. The zero-order valence-corrected chi connectivity index (χ0v) is 9.91. The van der Waals surface area contributed by atoms with E-state index in [0.29, 0.717) is 18.1 Å². The molecular formula is C14H16O2. The highest BCUT2D eigenvalue weighted by molar-refractivity contribution is 5.97. The van der Waals surface area contributed by atoms with Crippen LogP contribution in [0.4, 0.5) is 0 Å². The highest BCUT2D eigenvalue weighted by Crippen LogP contribution is 2.22. The maximum Gasteiger partial charge on any atom is 0.198 e. The minimum Gasteiger partial charge on any atom is -0.453 e. The van der Waals surface area contributed by atoms with Gasteiger partial charge in [-0.1, -0.05) is 26.0 Å². The first-order chi connectivity index (χ1) is 7.56. The molecule has 0 saturated carbocycles. The minimum absolute atomic E-state index is 0.0869. The van der Waals surface area contributed by atoms with Crippen LogP contribution in [0.25, 0.3) is 11.0 Å². The molecule has 2 rings (SSSR count). The molecule has 0 bridgehead atoms. The quantitative estimate of drug-likeness (QED) is 0.727. The van der Waals surface area contributed by atoms with E-state index in [2.05, 4.69) is 0 Å². The number of ketones is 1. The highest BCUT2D eigenvalue weighted by atomic mass is 16.3. The van der Waals surface area contributed by atoms with Crippen molar-refractivity contribution in [1.29, 1.82) is 0 Å². The SMILES string of the molecule is Cc1ccc2cc(C(=O)CC(C)C)oc2c1. The number of fused-ring (bicyclic) bond motifs is 1. The summed E-state index contributed by atoms with van der Waals surface area (Å²) in [5.74, 6) is 0.931. The summed E-state index contributed by atoms with van der Waals surface area (Å²) in [6, 6.07) is 7.80. The molecule has 0 atom stereocenters. The topological polar surface area (TPSA) is 30.2 Å². The molecule has 1 aromatic carbocycles. The molecule has 1 heterocycles. The zero-order chi connectivity index (χ0) is 11.7. The lowest BCUT2D eigenvalue weighted by Crippen LogP contribution is -2.01. The average Bonchev–Trinajstić information content (AvgIpc) is 2.59. The predicted octanol–water partition coefficient (Wildman–Crippen LogP) is 3.97. The fourth-order valence-electron chi connectivity index (χ4n) is 1.75. The average molecular weight is 216 g/mol. The number of hydrogen-bond acceptors (Lipinski definition) is 2. The molecule has 0 aliphatic rings. The lowest BCUT2D eigenvalue weighted by atomic mass is 10.1. The van der Waals surface area contributed by atoms with Gasteiger partial charge in [0.25, 0.3) is 0 Å². The number of carbonyl (C=O) groups excluding carboxylic acids is 1. The van der Waals surface area contributed by atoms with Crippen LogP contribution >= 0.6 is 0 Å². The van der Waals surface area contributed by atoms with Crippen molar-refractivity contribution in [3.63, 3.8) is 0 Å². The monoisotopic (exact) mass is 216 g/mol. The summed E-state index contributed by atoms with van der Waals surface area (Å²) in [6.45, 7) is 6.08. The van der Waals surface area contributed by atoms with Crippen LogP contribution in [0.2, 0.25) is 0 Å². The summed E-state index contributed by atoms with van der Waals surface area (Å²) in [7, 11) is 0. The molecule has 0 N–H and O–H groups in total. The Morgan fingerprint density at radius 1 is 1.31 bits per heavy atom. The van der Waals surface area contributed by atoms with Crippen molar-refractivity contribution in [1.82, 2.24) is 0 Å². The molecule has 2 nitrogen and oxygen atoms in total. The van der Waals surface area contributed by atoms with E-state index in [1.165, 1.54) is 0 Å². The number of furan rings is 1. The summed E-state index contributed by atoms with van der Waals surface area (Å²) in [4.78, 5) is 11.8. The maximum atomic E-state index is 11.8. The number of aryl methyl sites for hydroxylation is 1. The van der Waals surface area contributed by atoms with Crippen LogP contribution in [0.1, 0.15) is 36.4 Å². The van der Waals surface area contributed by atoms with Crippen LogP contribution in [-0.4, -0.2) is 5.78 Å². The van der Waals surface area contributed by atoms with Crippen LogP contribution in [0.5, 0.6) is 0 Å². The summed E-state index contributed by atoms with van der Waals surface area (Å²) in [5, 5.41) is 0.998. The summed E-state index contributed by atoms with van der Waals surface area (Å²) in [5.41, 5.74) is 1.94. The van der Waals surface area contributed by atoms with E-state index >= 15 is 0 Å². The standard InChI is InChI=1S/C14H16O2/c1-9(2)6-12(15)14-8-11-5-4-10(3)7-13(11)16-14/h4-5,7-9H,6H2,1-3H3. The van der Waals surface area contributed by atoms with E-state index in [9.17, 15) is 4.79 Å². The van der Waals surface area contributed by atoms with E-state index in [4.69, 9.17) is 4.42 Å². The normalized spacial score (nSPS) is 11.2. The Hall–Kier alpha value is -1.57. The molecule has 0 saturated heterocycles. The van der Waals surface area contributed by atoms with Crippen molar-refractivity contribution >= 4 is 16.8 Å². The molecule has 0 aliphatic carbocycles. The van der Waals surface area contributed by atoms with Gasteiger partial charge in [-0.15, -0.1) is 0 Å². The lowest BCUT2D eigenvalue weighted by molar-refractivity contribution is 0.0943. The molecule has 16 heavy (non-hydrogen) atoms. The van der Waals surface area contributed by atoms with E-state index in [-0.39, 0.29) is 5.78 Å². The van der Waals surface area contributed by atoms with Crippen molar-refractivity contribution in [3.05, 3.63) is 35.6 Å². The van der Waals surface area contributed by atoms with Gasteiger partial charge < -0.3 is 4.42 Å². The second kappa shape index (κ2) is 4.12. The first-order valence-corrected chi connectivity index (χ1v) is 5.59. The Balaban J connectivity index is 2.36. The van der Waals surface area contributed by atoms with Gasteiger partial charge in [0.05, 0.1) is 0 Å². The smallest absolute Gasteiger partial charge is 0.198 e. The van der Waals surface area contributed by atoms with Gasteiger partial charge in [0.15, 0.2) is 11.5 Å². The van der Waals surface area contributed by atoms with E-state index in [1.807, 2.05) is 45.0 Å². The summed E-state index contributed by atoms with van der Waals surface area (Å²) in [6.07, 6.45) is 0.540. The Bertz CT molecular complexity index is 521. The first kappa shape index (κ1) is 10.9. The van der Waals surface area contributed by atoms with Crippen molar-refractivity contribution in [3.8, 4) is 0 Å². The Labute approximate surface area is 95.3 Å². The van der Waals surface area contributed by atoms with Crippen LogP contribution in [0, 0.1) is 12.8 Å². The Kier molecular flexibility index (Phi) is 2.82. The number of rotatable bonds is 3.